The normalized spacial score (nSPS) is 10.6. The zero-order chi connectivity index (χ0) is 16.9. The van der Waals surface area contributed by atoms with Gasteiger partial charge in [0.05, 0.1) is 11.3 Å². The third kappa shape index (κ3) is 4.15. The predicted octanol–water partition coefficient (Wildman–Crippen LogP) is 4.58. The highest BCUT2D eigenvalue weighted by molar-refractivity contribution is 7.98. The maximum atomic E-state index is 12.5. The average molecular weight is 360 g/mol. The maximum absolute atomic E-state index is 12.5. The fourth-order valence-electron chi connectivity index (χ4n) is 2.07. The van der Waals surface area contributed by atoms with Gasteiger partial charge in [0.2, 0.25) is 0 Å². The van der Waals surface area contributed by atoms with Crippen LogP contribution in [0.15, 0.2) is 58.2 Å². The lowest BCUT2D eigenvalue weighted by atomic mass is 10.2. The Kier molecular flexibility index (Phi) is 5.17. The summed E-state index contributed by atoms with van der Waals surface area (Å²) >= 11 is 7.38. The van der Waals surface area contributed by atoms with E-state index in [1.54, 1.807) is 42.6 Å². The number of benzene rings is 1. The summed E-state index contributed by atoms with van der Waals surface area (Å²) in [5, 5.41) is 7.98. The molecule has 1 N–H and O–H groups in total. The zero-order valence-electron chi connectivity index (χ0n) is 12.8. The SMILES string of the molecule is Cc1cc(CSc2ncccc2C(=O)Nc2cccc(Cl)c2)no1. The van der Waals surface area contributed by atoms with Crippen molar-refractivity contribution in [1.29, 1.82) is 0 Å². The van der Waals surface area contributed by atoms with Crippen molar-refractivity contribution in [1.82, 2.24) is 10.1 Å². The highest BCUT2D eigenvalue weighted by Crippen LogP contribution is 2.25. The molecule has 3 aromatic rings. The molecule has 0 spiro atoms. The number of amides is 1. The lowest BCUT2D eigenvalue weighted by molar-refractivity contribution is 0.102. The second-order valence-corrected chi connectivity index (χ2v) is 6.44. The van der Waals surface area contributed by atoms with Crippen molar-refractivity contribution in [3.05, 3.63) is 70.7 Å². The number of thioether (sulfide) groups is 1. The number of carbonyl (C=O) groups is 1. The monoisotopic (exact) mass is 359 g/mol. The van der Waals surface area contributed by atoms with Crippen molar-refractivity contribution in [3.63, 3.8) is 0 Å². The van der Waals surface area contributed by atoms with Gasteiger partial charge in [-0.25, -0.2) is 4.98 Å². The first-order chi connectivity index (χ1) is 11.6. The van der Waals surface area contributed by atoms with Crippen LogP contribution in [0.2, 0.25) is 5.02 Å². The van der Waals surface area contributed by atoms with Crippen molar-refractivity contribution < 1.29 is 9.32 Å². The van der Waals surface area contributed by atoms with Crippen LogP contribution in [0, 0.1) is 6.92 Å². The molecule has 1 aromatic carbocycles. The Morgan fingerprint density at radius 3 is 2.92 bits per heavy atom. The van der Waals surface area contributed by atoms with Crippen molar-refractivity contribution in [2.24, 2.45) is 0 Å². The minimum atomic E-state index is -0.232. The molecule has 0 bridgehead atoms. The van der Waals surface area contributed by atoms with Gasteiger partial charge in [0.15, 0.2) is 0 Å². The number of nitrogens with zero attached hydrogens (tertiary/aromatic N) is 2. The molecule has 24 heavy (non-hydrogen) atoms. The van der Waals surface area contributed by atoms with Crippen LogP contribution >= 0.6 is 23.4 Å². The highest BCUT2D eigenvalue weighted by atomic mass is 35.5. The van der Waals surface area contributed by atoms with E-state index in [0.717, 1.165) is 11.5 Å². The minimum absolute atomic E-state index is 0.232. The van der Waals surface area contributed by atoms with E-state index in [-0.39, 0.29) is 5.91 Å². The minimum Gasteiger partial charge on any atom is -0.361 e. The van der Waals surface area contributed by atoms with E-state index in [9.17, 15) is 4.79 Å². The summed E-state index contributed by atoms with van der Waals surface area (Å²) in [6, 6.07) is 12.3. The summed E-state index contributed by atoms with van der Waals surface area (Å²) in [6.07, 6.45) is 1.66. The first-order valence-electron chi connectivity index (χ1n) is 7.19. The van der Waals surface area contributed by atoms with Crippen molar-refractivity contribution in [3.8, 4) is 0 Å². The summed E-state index contributed by atoms with van der Waals surface area (Å²) in [5.74, 6) is 1.10. The van der Waals surface area contributed by atoms with E-state index in [1.165, 1.54) is 11.8 Å². The fourth-order valence-corrected chi connectivity index (χ4v) is 3.13. The predicted molar refractivity (Wildman–Crippen MR) is 94.4 cm³/mol. The molecular formula is C17H14ClN3O2S. The maximum Gasteiger partial charge on any atom is 0.258 e. The first-order valence-corrected chi connectivity index (χ1v) is 8.55. The number of nitrogens with one attached hydrogen (secondary N) is 1. The molecule has 0 unspecified atom stereocenters. The summed E-state index contributed by atoms with van der Waals surface area (Å²) in [5.41, 5.74) is 1.95. The van der Waals surface area contributed by atoms with E-state index in [4.69, 9.17) is 16.1 Å². The molecule has 122 valence electrons. The molecule has 7 heteroatoms. The smallest absolute Gasteiger partial charge is 0.258 e. The Morgan fingerprint density at radius 2 is 2.17 bits per heavy atom. The molecule has 2 aromatic heterocycles. The van der Waals surface area contributed by atoms with Crippen LogP contribution in [0.3, 0.4) is 0 Å². The number of hydrogen-bond acceptors (Lipinski definition) is 5. The molecule has 0 atom stereocenters. The van der Waals surface area contributed by atoms with E-state index >= 15 is 0 Å². The average Bonchev–Trinajstić information content (AvgIpc) is 2.99. The van der Waals surface area contributed by atoms with Gasteiger partial charge in [0.25, 0.3) is 5.91 Å². The number of halogens is 1. The molecule has 0 saturated carbocycles. The van der Waals surface area contributed by atoms with Gasteiger partial charge in [-0.1, -0.05) is 34.6 Å². The number of pyridine rings is 1. The van der Waals surface area contributed by atoms with Crippen LogP contribution in [-0.4, -0.2) is 16.0 Å². The highest BCUT2D eigenvalue weighted by Gasteiger charge is 2.14. The second-order valence-electron chi connectivity index (χ2n) is 5.04. The third-order valence-electron chi connectivity index (χ3n) is 3.13. The van der Waals surface area contributed by atoms with E-state index in [0.29, 0.717) is 27.1 Å². The van der Waals surface area contributed by atoms with Gasteiger partial charge in [-0.15, -0.1) is 0 Å². The molecule has 0 radical (unpaired) electrons. The Bertz CT molecular complexity index is 866. The number of rotatable bonds is 5. The number of aryl methyl sites for hydroxylation is 1. The molecule has 5 nitrogen and oxygen atoms in total. The Morgan fingerprint density at radius 1 is 1.29 bits per heavy atom. The van der Waals surface area contributed by atoms with Crippen LogP contribution in [0.4, 0.5) is 5.69 Å². The molecule has 0 aliphatic rings. The number of anilines is 1. The molecule has 1 amide bonds. The zero-order valence-corrected chi connectivity index (χ0v) is 14.4. The van der Waals surface area contributed by atoms with Crippen LogP contribution in [-0.2, 0) is 5.75 Å². The largest absolute Gasteiger partial charge is 0.361 e. The quantitative estimate of drug-likeness (QED) is 0.675. The summed E-state index contributed by atoms with van der Waals surface area (Å²) in [7, 11) is 0. The molecule has 0 aliphatic heterocycles. The summed E-state index contributed by atoms with van der Waals surface area (Å²) in [6.45, 7) is 1.84. The molecule has 0 aliphatic carbocycles. The molecule has 0 saturated heterocycles. The Balaban J connectivity index is 1.74. The number of aromatic nitrogens is 2. The van der Waals surface area contributed by atoms with Gasteiger partial charge >= 0.3 is 0 Å². The van der Waals surface area contributed by atoms with Crippen molar-refractivity contribution >= 4 is 35.0 Å². The summed E-state index contributed by atoms with van der Waals surface area (Å²) < 4.78 is 5.05. The third-order valence-corrected chi connectivity index (χ3v) is 4.41. The van der Waals surface area contributed by atoms with Gasteiger partial charge in [-0.2, -0.15) is 0 Å². The lowest BCUT2D eigenvalue weighted by Crippen LogP contribution is -2.13. The first kappa shape index (κ1) is 16.5. The number of hydrogen-bond donors (Lipinski definition) is 1. The van der Waals surface area contributed by atoms with Crippen molar-refractivity contribution in [2.75, 3.05) is 5.32 Å². The van der Waals surface area contributed by atoms with Crippen LogP contribution < -0.4 is 5.32 Å². The van der Waals surface area contributed by atoms with Gasteiger partial charge < -0.3 is 9.84 Å². The van der Waals surface area contributed by atoms with E-state index < -0.39 is 0 Å². The molecule has 2 heterocycles. The van der Waals surface area contributed by atoms with Crippen LogP contribution in [0.1, 0.15) is 21.8 Å². The lowest BCUT2D eigenvalue weighted by Gasteiger charge is -2.08. The van der Waals surface area contributed by atoms with Gasteiger partial charge in [0, 0.05) is 28.7 Å². The topological polar surface area (TPSA) is 68.0 Å². The van der Waals surface area contributed by atoms with Gasteiger partial charge in [0.1, 0.15) is 10.8 Å². The number of carbonyl (C=O) groups excluding carboxylic acids is 1. The van der Waals surface area contributed by atoms with Gasteiger partial charge in [-0.05, 0) is 37.3 Å². The fraction of sp³-hybridized carbons (Fsp3) is 0.118. The van der Waals surface area contributed by atoms with Crippen LogP contribution in [0.5, 0.6) is 0 Å². The van der Waals surface area contributed by atoms with Crippen molar-refractivity contribution in [2.45, 2.75) is 17.7 Å². The standard InChI is InChI=1S/C17H14ClN3O2S/c1-11-8-14(21-23-11)10-24-17-15(6-3-7-19-17)16(22)20-13-5-2-4-12(18)9-13/h2-9H,10H2,1H3,(H,20,22). The Hall–Kier alpha value is -2.31. The molecule has 3 rings (SSSR count). The molecular weight excluding hydrogens is 346 g/mol. The van der Waals surface area contributed by atoms with Gasteiger partial charge in [-0.3, -0.25) is 4.79 Å². The molecule has 0 fully saturated rings. The second kappa shape index (κ2) is 7.51. The van der Waals surface area contributed by atoms with E-state index in [1.807, 2.05) is 13.0 Å². The van der Waals surface area contributed by atoms with Crippen LogP contribution in [0.25, 0.3) is 0 Å². The van der Waals surface area contributed by atoms with E-state index in [2.05, 4.69) is 15.5 Å². The Labute approximate surface area is 148 Å². The summed E-state index contributed by atoms with van der Waals surface area (Å²) in [4.78, 5) is 16.8.